The SMILES string of the molecule is O=C1NN(c2ccccc2)C(=O)/C1=C/c1ccc(-c2ccccc2C(=O)O)o1. The molecule has 1 saturated heterocycles. The Bertz CT molecular complexity index is 1110. The molecular formula is C21H14N2O5. The molecule has 0 aliphatic carbocycles. The van der Waals surface area contributed by atoms with Gasteiger partial charge in [-0.25, -0.2) is 9.80 Å². The molecule has 28 heavy (non-hydrogen) atoms. The molecule has 2 aromatic carbocycles. The van der Waals surface area contributed by atoms with Gasteiger partial charge in [0, 0.05) is 5.56 Å². The molecule has 0 bridgehead atoms. The second kappa shape index (κ2) is 6.88. The van der Waals surface area contributed by atoms with Gasteiger partial charge in [-0.15, -0.1) is 0 Å². The first-order chi connectivity index (χ1) is 13.5. The molecule has 138 valence electrons. The number of rotatable bonds is 4. The van der Waals surface area contributed by atoms with Crippen LogP contribution in [0.4, 0.5) is 5.69 Å². The van der Waals surface area contributed by atoms with Crippen molar-refractivity contribution in [3.05, 3.63) is 83.6 Å². The van der Waals surface area contributed by atoms with E-state index in [1.165, 1.54) is 12.1 Å². The van der Waals surface area contributed by atoms with Gasteiger partial charge in [0.1, 0.15) is 17.1 Å². The van der Waals surface area contributed by atoms with Crippen molar-refractivity contribution in [1.29, 1.82) is 0 Å². The highest BCUT2D eigenvalue weighted by Crippen LogP contribution is 2.28. The van der Waals surface area contributed by atoms with Crippen LogP contribution >= 0.6 is 0 Å². The fraction of sp³-hybridized carbons (Fsp3) is 0. The quantitative estimate of drug-likeness (QED) is 0.540. The highest BCUT2D eigenvalue weighted by Gasteiger charge is 2.34. The van der Waals surface area contributed by atoms with E-state index in [2.05, 4.69) is 5.43 Å². The van der Waals surface area contributed by atoms with Crippen molar-refractivity contribution in [3.63, 3.8) is 0 Å². The van der Waals surface area contributed by atoms with Gasteiger partial charge in [-0.1, -0.05) is 36.4 Å². The van der Waals surface area contributed by atoms with Crippen molar-refractivity contribution in [1.82, 2.24) is 5.43 Å². The molecule has 0 spiro atoms. The Morgan fingerprint density at radius 3 is 2.43 bits per heavy atom. The zero-order valence-corrected chi connectivity index (χ0v) is 14.5. The van der Waals surface area contributed by atoms with Crippen LogP contribution in [0, 0.1) is 0 Å². The van der Waals surface area contributed by atoms with E-state index in [-0.39, 0.29) is 16.9 Å². The Labute approximate surface area is 159 Å². The Balaban J connectivity index is 1.65. The monoisotopic (exact) mass is 374 g/mol. The summed E-state index contributed by atoms with van der Waals surface area (Å²) in [6.07, 6.45) is 1.34. The minimum absolute atomic E-state index is 0.0729. The van der Waals surface area contributed by atoms with E-state index in [1.54, 1.807) is 54.6 Å². The molecule has 0 radical (unpaired) electrons. The third-order valence-electron chi connectivity index (χ3n) is 4.24. The van der Waals surface area contributed by atoms with Crippen LogP contribution in [-0.4, -0.2) is 22.9 Å². The molecule has 4 rings (SSSR count). The summed E-state index contributed by atoms with van der Waals surface area (Å²) < 4.78 is 5.67. The molecule has 0 unspecified atom stereocenters. The zero-order chi connectivity index (χ0) is 19.7. The number of anilines is 1. The number of nitrogens with zero attached hydrogens (tertiary/aromatic N) is 1. The van der Waals surface area contributed by atoms with Crippen LogP contribution in [0.25, 0.3) is 17.4 Å². The van der Waals surface area contributed by atoms with Crippen LogP contribution in [0.3, 0.4) is 0 Å². The predicted octanol–water partition coefficient (Wildman–Crippen LogP) is 3.11. The molecule has 1 aromatic heterocycles. The van der Waals surface area contributed by atoms with Crippen LogP contribution in [0.15, 0.2) is 76.7 Å². The topological polar surface area (TPSA) is 99.9 Å². The van der Waals surface area contributed by atoms with Crippen molar-refractivity contribution < 1.29 is 23.9 Å². The van der Waals surface area contributed by atoms with Gasteiger partial charge in [0.2, 0.25) is 0 Å². The van der Waals surface area contributed by atoms with Crippen LogP contribution in [-0.2, 0) is 9.59 Å². The summed E-state index contributed by atoms with van der Waals surface area (Å²) >= 11 is 0. The molecule has 2 amide bonds. The van der Waals surface area contributed by atoms with Gasteiger partial charge in [-0.3, -0.25) is 15.0 Å². The van der Waals surface area contributed by atoms with Crippen molar-refractivity contribution in [2.24, 2.45) is 0 Å². The number of nitrogens with one attached hydrogen (secondary N) is 1. The van der Waals surface area contributed by atoms with Gasteiger partial charge in [-0.05, 0) is 36.4 Å². The van der Waals surface area contributed by atoms with E-state index >= 15 is 0 Å². The molecule has 1 fully saturated rings. The van der Waals surface area contributed by atoms with Gasteiger partial charge < -0.3 is 9.52 Å². The van der Waals surface area contributed by atoms with Gasteiger partial charge in [-0.2, -0.15) is 0 Å². The maximum absolute atomic E-state index is 12.6. The summed E-state index contributed by atoms with van der Waals surface area (Å²) in [6.45, 7) is 0. The number of carboxylic acid groups (broad SMARTS) is 1. The summed E-state index contributed by atoms with van der Waals surface area (Å²) in [7, 11) is 0. The molecule has 2 heterocycles. The maximum atomic E-state index is 12.6. The van der Waals surface area contributed by atoms with Gasteiger partial charge in [0.25, 0.3) is 11.8 Å². The average molecular weight is 374 g/mol. The summed E-state index contributed by atoms with van der Waals surface area (Å²) in [6, 6.07) is 18.3. The standard InChI is InChI=1S/C21H14N2O5/c24-19-17(20(25)23(22-19)13-6-2-1-3-7-13)12-14-10-11-18(28-14)15-8-4-5-9-16(15)21(26)27/h1-12H,(H,22,24)(H,26,27)/b17-12+. The molecule has 1 aliphatic heterocycles. The highest BCUT2D eigenvalue weighted by molar-refractivity contribution is 6.31. The van der Waals surface area contributed by atoms with Crippen LogP contribution < -0.4 is 10.4 Å². The summed E-state index contributed by atoms with van der Waals surface area (Å²) in [5, 5.41) is 10.5. The first-order valence-corrected chi connectivity index (χ1v) is 8.39. The van der Waals surface area contributed by atoms with Crippen molar-refractivity contribution in [3.8, 4) is 11.3 Å². The fourth-order valence-electron chi connectivity index (χ4n) is 2.92. The lowest BCUT2D eigenvalue weighted by Gasteiger charge is -2.13. The van der Waals surface area contributed by atoms with E-state index in [9.17, 15) is 19.5 Å². The minimum atomic E-state index is -1.07. The molecule has 2 N–H and O–H groups in total. The van der Waals surface area contributed by atoms with Crippen molar-refractivity contribution >= 4 is 29.5 Å². The van der Waals surface area contributed by atoms with Gasteiger partial charge >= 0.3 is 5.97 Å². The van der Waals surface area contributed by atoms with Crippen molar-refractivity contribution in [2.45, 2.75) is 0 Å². The number of aromatic carboxylic acids is 1. The lowest BCUT2D eigenvalue weighted by molar-refractivity contribution is -0.117. The molecule has 7 nitrogen and oxygen atoms in total. The van der Waals surface area contributed by atoms with E-state index in [0.29, 0.717) is 17.0 Å². The van der Waals surface area contributed by atoms with Crippen molar-refractivity contribution in [2.75, 3.05) is 5.01 Å². The van der Waals surface area contributed by atoms with E-state index in [4.69, 9.17) is 4.42 Å². The third-order valence-corrected chi connectivity index (χ3v) is 4.24. The van der Waals surface area contributed by atoms with Crippen LogP contribution in [0.2, 0.25) is 0 Å². The molecular weight excluding hydrogens is 360 g/mol. The number of furan rings is 1. The number of hydrogen-bond donors (Lipinski definition) is 2. The zero-order valence-electron chi connectivity index (χ0n) is 14.5. The Kier molecular flexibility index (Phi) is 4.25. The molecule has 7 heteroatoms. The lowest BCUT2D eigenvalue weighted by atomic mass is 10.1. The summed E-state index contributed by atoms with van der Waals surface area (Å²) in [5.41, 5.74) is 3.49. The Morgan fingerprint density at radius 1 is 0.964 bits per heavy atom. The Hall–Kier alpha value is -4.13. The molecule has 0 atom stereocenters. The minimum Gasteiger partial charge on any atom is -0.478 e. The number of hydrazine groups is 1. The second-order valence-electron chi connectivity index (χ2n) is 6.03. The third kappa shape index (κ3) is 3.05. The normalized spacial score (nSPS) is 15.1. The number of para-hydroxylation sites is 1. The summed E-state index contributed by atoms with van der Waals surface area (Å²) in [5.74, 6) is -1.52. The maximum Gasteiger partial charge on any atom is 0.336 e. The highest BCUT2D eigenvalue weighted by atomic mass is 16.4. The van der Waals surface area contributed by atoms with E-state index in [1.807, 2.05) is 6.07 Å². The lowest BCUT2D eigenvalue weighted by Crippen LogP contribution is -2.35. The predicted molar refractivity (Wildman–Crippen MR) is 101 cm³/mol. The number of carboxylic acids is 1. The number of carbonyl (C=O) groups is 3. The summed E-state index contributed by atoms with van der Waals surface area (Å²) in [4.78, 5) is 36.2. The first kappa shape index (κ1) is 17.3. The second-order valence-corrected chi connectivity index (χ2v) is 6.03. The average Bonchev–Trinajstić information content (AvgIpc) is 3.29. The smallest absolute Gasteiger partial charge is 0.336 e. The molecule has 1 aliphatic rings. The van der Waals surface area contributed by atoms with E-state index in [0.717, 1.165) is 5.01 Å². The van der Waals surface area contributed by atoms with Gasteiger partial charge in [0.05, 0.1) is 11.3 Å². The first-order valence-electron chi connectivity index (χ1n) is 8.39. The number of carbonyl (C=O) groups excluding carboxylic acids is 2. The number of benzene rings is 2. The molecule has 3 aromatic rings. The largest absolute Gasteiger partial charge is 0.478 e. The number of amides is 2. The van der Waals surface area contributed by atoms with Gasteiger partial charge in [0.15, 0.2) is 0 Å². The van der Waals surface area contributed by atoms with Crippen LogP contribution in [0.5, 0.6) is 0 Å². The van der Waals surface area contributed by atoms with Crippen LogP contribution in [0.1, 0.15) is 16.1 Å². The molecule has 0 saturated carbocycles. The van der Waals surface area contributed by atoms with E-state index < -0.39 is 17.8 Å². The number of hydrogen-bond acceptors (Lipinski definition) is 4. The fourth-order valence-corrected chi connectivity index (χ4v) is 2.92. The Morgan fingerprint density at radius 2 is 1.68 bits per heavy atom.